The summed E-state index contributed by atoms with van der Waals surface area (Å²) >= 11 is 0. The molecule has 1 saturated carbocycles. The first-order valence-corrected chi connectivity index (χ1v) is 14.0. The normalized spacial score (nSPS) is 16.6. The van der Waals surface area contributed by atoms with E-state index in [1.54, 1.807) is 24.3 Å². The van der Waals surface area contributed by atoms with Crippen LogP contribution in [0, 0.1) is 12.8 Å². The highest BCUT2D eigenvalue weighted by Gasteiger charge is 2.34. The molecule has 0 N–H and O–H groups in total. The number of imide groups is 1. The highest BCUT2D eigenvalue weighted by molar-refractivity contribution is 7.91. The number of ether oxygens (including phenoxy) is 1. The van der Waals surface area contributed by atoms with Gasteiger partial charge in [0.1, 0.15) is 5.75 Å². The molecule has 0 radical (unpaired) electrons. The van der Waals surface area contributed by atoms with E-state index in [4.69, 9.17) is 4.74 Å². The number of rotatable bonds is 12. The number of amides is 2. The Hall–Kier alpha value is -2.67. The van der Waals surface area contributed by atoms with E-state index < -0.39 is 9.84 Å². The van der Waals surface area contributed by atoms with E-state index in [1.807, 2.05) is 32.0 Å². The smallest absolute Gasteiger partial charge is 0.261 e. The molecule has 0 aromatic heterocycles. The van der Waals surface area contributed by atoms with Crippen LogP contribution in [0.25, 0.3) is 0 Å². The number of nitrogens with zero attached hydrogens (tertiary/aromatic N) is 1. The van der Waals surface area contributed by atoms with Crippen molar-refractivity contribution in [2.75, 3.05) is 24.7 Å². The fourth-order valence-corrected chi connectivity index (χ4v) is 6.11. The molecular weight excluding hydrogens is 450 g/mol. The molecule has 1 aliphatic heterocycles. The molecule has 4 rings (SSSR count). The summed E-state index contributed by atoms with van der Waals surface area (Å²) in [5.41, 5.74) is 2.94. The van der Waals surface area contributed by atoms with Crippen LogP contribution >= 0.6 is 0 Å². The molecule has 0 bridgehead atoms. The third-order valence-corrected chi connectivity index (χ3v) is 8.59. The zero-order valence-electron chi connectivity index (χ0n) is 20.0. The van der Waals surface area contributed by atoms with Crippen molar-refractivity contribution in [3.05, 3.63) is 64.7 Å². The molecule has 2 aromatic rings. The average molecular weight is 484 g/mol. The lowest BCUT2D eigenvalue weighted by molar-refractivity contribution is 0.0651. The van der Waals surface area contributed by atoms with Gasteiger partial charge in [0.25, 0.3) is 11.8 Å². The third-order valence-electron chi connectivity index (χ3n) is 6.67. The van der Waals surface area contributed by atoms with Crippen LogP contribution in [-0.4, -0.2) is 49.8 Å². The van der Waals surface area contributed by atoms with Crippen molar-refractivity contribution in [1.29, 1.82) is 0 Å². The van der Waals surface area contributed by atoms with Gasteiger partial charge in [-0.15, -0.1) is 0 Å². The van der Waals surface area contributed by atoms with Crippen LogP contribution in [0.1, 0.15) is 76.8 Å². The monoisotopic (exact) mass is 483 g/mol. The first-order valence-electron chi connectivity index (χ1n) is 12.1. The third kappa shape index (κ3) is 5.87. The Morgan fingerprint density at radius 1 is 1.00 bits per heavy atom. The lowest BCUT2D eigenvalue weighted by atomic mass is 10.0. The molecule has 34 heavy (non-hydrogen) atoms. The molecule has 1 atom stereocenters. The lowest BCUT2D eigenvalue weighted by Gasteiger charge is -2.16. The number of sulfone groups is 1. The number of fused-ring (bicyclic) bond motifs is 1. The van der Waals surface area contributed by atoms with Crippen LogP contribution in [0.2, 0.25) is 0 Å². The number of aryl methyl sites for hydroxylation is 1. The van der Waals surface area contributed by atoms with Crippen LogP contribution in [0.3, 0.4) is 0 Å². The molecule has 7 heteroatoms. The standard InChI is InChI=1S/C27H33NO5S/c1-19-10-13-22(16-25(19)33-17-21-11-12-21)20(2)18-34(31,32)15-7-3-6-14-28-26(29)23-8-4-5-9-24(23)27(28)30/h4-5,8-10,13,16,20-21H,3,6-7,11-12,14-15,17-18H2,1-2H3/t20-/m1/s1. The SMILES string of the molecule is Cc1ccc([C@H](C)CS(=O)(=O)CCCCCN2C(=O)c3ccccc3C2=O)cc1OCC1CC1. The molecular formula is C27H33NO5S. The van der Waals surface area contributed by atoms with Gasteiger partial charge in [-0.25, -0.2) is 8.42 Å². The summed E-state index contributed by atoms with van der Waals surface area (Å²) in [7, 11) is -3.22. The van der Waals surface area contributed by atoms with Gasteiger partial charge in [-0.05, 0) is 73.8 Å². The number of carbonyl (C=O) groups excluding carboxylic acids is 2. The van der Waals surface area contributed by atoms with Crippen LogP contribution in [0.5, 0.6) is 5.75 Å². The molecule has 1 heterocycles. The van der Waals surface area contributed by atoms with Crippen LogP contribution < -0.4 is 4.74 Å². The first-order chi connectivity index (χ1) is 16.2. The zero-order chi connectivity index (χ0) is 24.3. The van der Waals surface area contributed by atoms with E-state index in [2.05, 4.69) is 0 Å². The van der Waals surface area contributed by atoms with Gasteiger partial charge in [0.15, 0.2) is 9.84 Å². The van der Waals surface area contributed by atoms with Crippen LogP contribution in [-0.2, 0) is 9.84 Å². The van der Waals surface area contributed by atoms with E-state index in [9.17, 15) is 18.0 Å². The summed E-state index contributed by atoms with van der Waals surface area (Å²) in [5.74, 6) is 1.07. The maximum absolute atomic E-state index is 12.7. The Balaban J connectivity index is 1.22. The molecule has 6 nitrogen and oxygen atoms in total. The predicted molar refractivity (Wildman–Crippen MR) is 132 cm³/mol. The molecule has 182 valence electrons. The van der Waals surface area contributed by atoms with Gasteiger partial charge in [-0.2, -0.15) is 0 Å². The summed E-state index contributed by atoms with van der Waals surface area (Å²) in [5, 5.41) is 0. The first kappa shape index (κ1) is 24.5. The Labute approximate surface area is 202 Å². The van der Waals surface area contributed by atoms with E-state index >= 15 is 0 Å². The van der Waals surface area contributed by atoms with Crippen molar-refractivity contribution in [1.82, 2.24) is 4.90 Å². The van der Waals surface area contributed by atoms with E-state index in [-0.39, 0.29) is 29.2 Å². The summed E-state index contributed by atoms with van der Waals surface area (Å²) in [4.78, 5) is 26.1. The number of hydrogen-bond acceptors (Lipinski definition) is 5. The summed E-state index contributed by atoms with van der Waals surface area (Å²) in [6, 6.07) is 12.8. The fourth-order valence-electron chi connectivity index (χ4n) is 4.34. The number of carbonyl (C=O) groups is 2. The Kier molecular flexibility index (Phi) is 7.41. The highest BCUT2D eigenvalue weighted by atomic mass is 32.2. The quantitative estimate of drug-likeness (QED) is 0.321. The molecule has 1 aliphatic carbocycles. The topological polar surface area (TPSA) is 80.8 Å². The molecule has 2 amide bonds. The second kappa shape index (κ2) is 10.3. The van der Waals surface area contributed by atoms with Crippen molar-refractivity contribution in [2.24, 2.45) is 5.92 Å². The number of benzene rings is 2. The van der Waals surface area contributed by atoms with Gasteiger partial charge >= 0.3 is 0 Å². The molecule has 0 saturated heterocycles. The van der Waals surface area contributed by atoms with Crippen molar-refractivity contribution < 1.29 is 22.7 Å². The highest BCUT2D eigenvalue weighted by Crippen LogP contribution is 2.31. The number of hydrogen-bond donors (Lipinski definition) is 0. The fraction of sp³-hybridized carbons (Fsp3) is 0.481. The maximum Gasteiger partial charge on any atom is 0.261 e. The Morgan fingerprint density at radius 3 is 2.32 bits per heavy atom. The molecule has 2 aliphatic rings. The van der Waals surface area contributed by atoms with Crippen molar-refractivity contribution in [3.8, 4) is 5.75 Å². The van der Waals surface area contributed by atoms with Crippen LogP contribution in [0.15, 0.2) is 42.5 Å². The van der Waals surface area contributed by atoms with Crippen molar-refractivity contribution in [3.63, 3.8) is 0 Å². The minimum absolute atomic E-state index is 0.0938. The number of unbranched alkanes of at least 4 members (excludes halogenated alkanes) is 2. The maximum atomic E-state index is 12.7. The Morgan fingerprint density at radius 2 is 1.68 bits per heavy atom. The lowest BCUT2D eigenvalue weighted by Crippen LogP contribution is -2.30. The van der Waals surface area contributed by atoms with Gasteiger partial charge < -0.3 is 4.74 Å². The minimum Gasteiger partial charge on any atom is -0.493 e. The summed E-state index contributed by atoms with van der Waals surface area (Å²) < 4.78 is 31.4. The van der Waals surface area contributed by atoms with Gasteiger partial charge in [-0.1, -0.05) is 37.6 Å². The second-order valence-corrected chi connectivity index (χ2v) is 11.9. The minimum atomic E-state index is -3.22. The van der Waals surface area contributed by atoms with E-state index in [0.29, 0.717) is 42.9 Å². The van der Waals surface area contributed by atoms with Crippen LogP contribution in [0.4, 0.5) is 0 Å². The van der Waals surface area contributed by atoms with E-state index in [1.165, 1.54) is 17.7 Å². The molecule has 0 unspecified atom stereocenters. The van der Waals surface area contributed by atoms with Gasteiger partial charge in [0.2, 0.25) is 0 Å². The average Bonchev–Trinajstić information content (AvgIpc) is 3.60. The van der Waals surface area contributed by atoms with Gasteiger partial charge in [0, 0.05) is 6.54 Å². The Bertz CT molecular complexity index is 1130. The summed E-state index contributed by atoms with van der Waals surface area (Å²) in [6.45, 7) is 5.00. The largest absolute Gasteiger partial charge is 0.493 e. The zero-order valence-corrected chi connectivity index (χ0v) is 20.8. The molecule has 0 spiro atoms. The van der Waals surface area contributed by atoms with Gasteiger partial charge in [0.05, 0.1) is 29.2 Å². The van der Waals surface area contributed by atoms with Gasteiger partial charge in [-0.3, -0.25) is 14.5 Å². The van der Waals surface area contributed by atoms with Crippen molar-refractivity contribution >= 4 is 21.7 Å². The van der Waals surface area contributed by atoms with Crippen molar-refractivity contribution in [2.45, 2.75) is 51.9 Å². The predicted octanol–water partition coefficient (Wildman–Crippen LogP) is 4.77. The van der Waals surface area contributed by atoms with E-state index in [0.717, 1.165) is 23.5 Å². The molecule has 2 aromatic carbocycles. The second-order valence-electron chi connectivity index (χ2n) is 9.66. The summed E-state index contributed by atoms with van der Waals surface area (Å²) in [6.07, 6.45) is 4.21. The molecule has 1 fully saturated rings.